The minimum atomic E-state index is 0.635. The Hall–Kier alpha value is -0.870. The molecule has 0 fully saturated rings. The molecule has 13 heavy (non-hydrogen) atoms. The average Bonchev–Trinajstić information content (AvgIpc) is 2.12. The van der Waals surface area contributed by atoms with E-state index in [-0.39, 0.29) is 0 Å². The smallest absolute Gasteiger partial charge is 0.0559 e. The maximum atomic E-state index is 5.66. The lowest BCUT2D eigenvalue weighted by Gasteiger charge is -2.04. The molecule has 0 bridgehead atoms. The summed E-state index contributed by atoms with van der Waals surface area (Å²) in [6, 6.07) is 5.67. The maximum Gasteiger partial charge on any atom is 0.0559 e. The molecule has 72 valence electrons. The van der Waals surface area contributed by atoms with Gasteiger partial charge in [0, 0.05) is 17.8 Å². The predicted octanol–water partition coefficient (Wildman–Crippen LogP) is 1.59. The summed E-state index contributed by atoms with van der Waals surface area (Å²) in [5.74, 6) is 0.930. The van der Waals surface area contributed by atoms with Crippen LogP contribution in [0.15, 0.2) is 23.1 Å². The topological polar surface area (TPSA) is 61.3 Å². The van der Waals surface area contributed by atoms with Gasteiger partial charge >= 0.3 is 0 Å². The maximum absolute atomic E-state index is 5.66. The van der Waals surface area contributed by atoms with Gasteiger partial charge in [0.15, 0.2) is 0 Å². The van der Waals surface area contributed by atoms with E-state index in [0.717, 1.165) is 17.3 Å². The first kappa shape index (κ1) is 10.2. The highest BCUT2D eigenvalue weighted by Crippen LogP contribution is 2.23. The second kappa shape index (κ2) is 4.99. The second-order valence-corrected chi connectivity index (χ2v) is 3.80. The summed E-state index contributed by atoms with van der Waals surface area (Å²) in [4.78, 5) is 1.13. The second-order valence-electron chi connectivity index (χ2n) is 2.63. The van der Waals surface area contributed by atoms with E-state index in [4.69, 9.17) is 16.2 Å². The van der Waals surface area contributed by atoms with Crippen LogP contribution in [0.3, 0.4) is 0 Å². The first-order chi connectivity index (χ1) is 6.24. The molecule has 0 unspecified atom stereocenters. The van der Waals surface area contributed by atoms with Crippen LogP contribution in [0, 0.1) is 0 Å². The molecule has 0 aromatic heterocycles. The Labute approximate surface area is 82.4 Å². The monoisotopic (exact) mass is 198 g/mol. The van der Waals surface area contributed by atoms with Crippen LogP contribution in [0.5, 0.6) is 0 Å². The number of ether oxygens (including phenoxy) is 1. The number of nitrogen functional groups attached to an aromatic ring is 2. The molecule has 1 aromatic rings. The summed E-state index contributed by atoms with van der Waals surface area (Å²) < 4.78 is 4.94. The number of hydrogen-bond donors (Lipinski definition) is 2. The van der Waals surface area contributed by atoms with Crippen molar-refractivity contribution in [2.24, 2.45) is 0 Å². The third-order valence-electron chi connectivity index (χ3n) is 1.61. The molecule has 3 nitrogen and oxygen atoms in total. The number of hydrogen-bond acceptors (Lipinski definition) is 4. The van der Waals surface area contributed by atoms with Crippen molar-refractivity contribution in [2.75, 3.05) is 30.9 Å². The van der Waals surface area contributed by atoms with Crippen molar-refractivity contribution in [1.29, 1.82) is 0 Å². The fourth-order valence-corrected chi connectivity index (χ4v) is 1.75. The summed E-state index contributed by atoms with van der Waals surface area (Å²) in [5.41, 5.74) is 12.5. The van der Waals surface area contributed by atoms with Crippen molar-refractivity contribution in [2.45, 2.75) is 4.90 Å². The molecule has 0 aliphatic rings. The Kier molecular flexibility index (Phi) is 3.92. The Morgan fingerprint density at radius 1 is 1.31 bits per heavy atom. The van der Waals surface area contributed by atoms with Gasteiger partial charge in [-0.05, 0) is 18.2 Å². The SMILES string of the molecule is COCCSc1ccc(N)c(N)c1. The Morgan fingerprint density at radius 3 is 2.69 bits per heavy atom. The average molecular weight is 198 g/mol. The van der Waals surface area contributed by atoms with E-state index >= 15 is 0 Å². The molecule has 0 saturated heterocycles. The van der Waals surface area contributed by atoms with Crippen LogP contribution in [0.25, 0.3) is 0 Å². The first-order valence-electron chi connectivity index (χ1n) is 4.01. The highest BCUT2D eigenvalue weighted by atomic mass is 32.2. The number of thioether (sulfide) groups is 1. The molecule has 0 heterocycles. The number of rotatable bonds is 4. The van der Waals surface area contributed by atoms with Crippen molar-refractivity contribution in [1.82, 2.24) is 0 Å². The molecular weight excluding hydrogens is 184 g/mol. The zero-order valence-corrected chi connectivity index (χ0v) is 8.43. The third kappa shape index (κ3) is 3.16. The lowest BCUT2D eigenvalue weighted by atomic mass is 10.3. The molecule has 1 rings (SSSR count). The number of nitrogens with two attached hydrogens (primary N) is 2. The van der Waals surface area contributed by atoms with E-state index in [1.807, 2.05) is 18.2 Å². The van der Waals surface area contributed by atoms with E-state index in [1.54, 1.807) is 18.9 Å². The van der Waals surface area contributed by atoms with Crippen molar-refractivity contribution >= 4 is 23.1 Å². The minimum Gasteiger partial charge on any atom is -0.397 e. The molecule has 4 N–H and O–H groups in total. The molecule has 0 atom stereocenters. The number of methoxy groups -OCH3 is 1. The summed E-state index contributed by atoms with van der Waals surface area (Å²) in [5, 5.41) is 0. The molecular formula is C9H14N2OS. The van der Waals surface area contributed by atoms with Crippen LogP contribution in [-0.2, 0) is 4.74 Å². The van der Waals surface area contributed by atoms with Crippen LogP contribution in [0.2, 0.25) is 0 Å². The standard InChI is InChI=1S/C9H14N2OS/c1-12-4-5-13-7-2-3-8(10)9(11)6-7/h2-3,6H,4-5,10-11H2,1H3. The van der Waals surface area contributed by atoms with Crippen LogP contribution in [-0.4, -0.2) is 19.5 Å². The lowest BCUT2D eigenvalue weighted by molar-refractivity contribution is 0.218. The highest BCUT2D eigenvalue weighted by Gasteiger charge is 1.97. The molecule has 0 radical (unpaired) electrons. The number of anilines is 2. The van der Waals surface area contributed by atoms with E-state index in [1.165, 1.54) is 0 Å². The van der Waals surface area contributed by atoms with E-state index < -0.39 is 0 Å². The van der Waals surface area contributed by atoms with Gasteiger partial charge in [0.1, 0.15) is 0 Å². The predicted molar refractivity (Wildman–Crippen MR) is 57.9 cm³/mol. The van der Waals surface area contributed by atoms with Gasteiger partial charge in [0.05, 0.1) is 18.0 Å². The molecule has 0 aliphatic heterocycles. The van der Waals surface area contributed by atoms with E-state index in [9.17, 15) is 0 Å². The van der Waals surface area contributed by atoms with E-state index in [0.29, 0.717) is 11.4 Å². The van der Waals surface area contributed by atoms with Gasteiger partial charge < -0.3 is 16.2 Å². The van der Waals surface area contributed by atoms with Gasteiger partial charge in [-0.2, -0.15) is 0 Å². The lowest BCUT2D eigenvalue weighted by Crippen LogP contribution is -1.95. The van der Waals surface area contributed by atoms with Gasteiger partial charge in [-0.1, -0.05) is 0 Å². The van der Waals surface area contributed by atoms with Crippen molar-refractivity contribution in [3.05, 3.63) is 18.2 Å². The Bertz CT molecular complexity index is 278. The molecule has 0 spiro atoms. The first-order valence-corrected chi connectivity index (χ1v) is 4.99. The molecule has 1 aromatic carbocycles. The third-order valence-corrected chi connectivity index (χ3v) is 2.57. The summed E-state index contributed by atoms with van der Waals surface area (Å²) in [6.45, 7) is 0.745. The van der Waals surface area contributed by atoms with Gasteiger partial charge in [-0.15, -0.1) is 11.8 Å². The Balaban J connectivity index is 2.53. The fourth-order valence-electron chi connectivity index (χ4n) is 0.885. The van der Waals surface area contributed by atoms with Crippen LogP contribution >= 0.6 is 11.8 Å². The highest BCUT2D eigenvalue weighted by molar-refractivity contribution is 7.99. The van der Waals surface area contributed by atoms with Gasteiger partial charge in [0.25, 0.3) is 0 Å². The molecule has 0 aliphatic carbocycles. The van der Waals surface area contributed by atoms with Crippen LogP contribution < -0.4 is 11.5 Å². The molecule has 0 amide bonds. The van der Waals surface area contributed by atoms with E-state index in [2.05, 4.69) is 0 Å². The normalized spacial score (nSPS) is 10.2. The summed E-state index contributed by atoms with van der Waals surface area (Å²) in [6.07, 6.45) is 0. The molecule has 4 heteroatoms. The van der Waals surface area contributed by atoms with Crippen molar-refractivity contribution in [3.63, 3.8) is 0 Å². The summed E-state index contributed by atoms with van der Waals surface area (Å²) >= 11 is 1.71. The van der Waals surface area contributed by atoms with Gasteiger partial charge in [-0.3, -0.25) is 0 Å². The number of benzene rings is 1. The minimum absolute atomic E-state index is 0.635. The van der Waals surface area contributed by atoms with Crippen molar-refractivity contribution in [3.8, 4) is 0 Å². The Morgan fingerprint density at radius 2 is 2.08 bits per heavy atom. The van der Waals surface area contributed by atoms with Gasteiger partial charge in [0.2, 0.25) is 0 Å². The van der Waals surface area contributed by atoms with Crippen LogP contribution in [0.4, 0.5) is 11.4 Å². The van der Waals surface area contributed by atoms with Gasteiger partial charge in [-0.25, -0.2) is 0 Å². The molecule has 0 saturated carbocycles. The zero-order chi connectivity index (χ0) is 9.68. The fraction of sp³-hybridized carbons (Fsp3) is 0.333. The van der Waals surface area contributed by atoms with Crippen LogP contribution in [0.1, 0.15) is 0 Å². The largest absolute Gasteiger partial charge is 0.397 e. The quantitative estimate of drug-likeness (QED) is 0.438. The van der Waals surface area contributed by atoms with Crippen molar-refractivity contribution < 1.29 is 4.74 Å². The zero-order valence-electron chi connectivity index (χ0n) is 7.62. The summed E-state index contributed by atoms with van der Waals surface area (Å²) in [7, 11) is 1.69.